The molecule has 0 aromatic rings. The zero-order valence-corrected chi connectivity index (χ0v) is 12.3. The molecule has 0 radical (unpaired) electrons. The maximum absolute atomic E-state index is 12.5. The summed E-state index contributed by atoms with van der Waals surface area (Å²) in [6.07, 6.45) is 4.65. The van der Waals surface area contributed by atoms with Crippen LogP contribution in [0.15, 0.2) is 22.4 Å². The fourth-order valence-corrected chi connectivity index (χ4v) is 3.80. The number of carbonyl (C=O) groups excluding carboxylic acids is 1. The minimum atomic E-state index is -0.888. The number of alkyl halides is 1. The van der Waals surface area contributed by atoms with Gasteiger partial charge in [0.15, 0.2) is 0 Å². The van der Waals surface area contributed by atoms with Crippen molar-refractivity contribution < 1.29 is 14.7 Å². The first-order valence-corrected chi connectivity index (χ1v) is 7.58. The maximum Gasteiger partial charge on any atom is 0.307 e. The molecule has 20 heavy (non-hydrogen) atoms. The third-order valence-electron chi connectivity index (χ3n) is 4.11. The van der Waals surface area contributed by atoms with E-state index in [1.807, 2.05) is 6.08 Å². The number of hydrogen-bond acceptors (Lipinski definition) is 2. The Morgan fingerprint density at radius 3 is 2.75 bits per heavy atom. The summed E-state index contributed by atoms with van der Waals surface area (Å²) in [5.74, 6) is -1.91. The zero-order valence-electron chi connectivity index (χ0n) is 10.8. The van der Waals surface area contributed by atoms with Gasteiger partial charge in [0.1, 0.15) is 0 Å². The Balaban J connectivity index is 1.83. The molecule has 0 aromatic heterocycles. The van der Waals surface area contributed by atoms with Crippen LogP contribution in [-0.2, 0) is 9.59 Å². The van der Waals surface area contributed by atoms with E-state index in [9.17, 15) is 9.59 Å². The number of carbonyl (C=O) groups is 2. The molecule has 0 aromatic carbocycles. The lowest BCUT2D eigenvalue weighted by Crippen LogP contribution is -2.38. The van der Waals surface area contributed by atoms with Gasteiger partial charge in [-0.3, -0.25) is 9.59 Å². The fourth-order valence-electron chi connectivity index (χ4n) is 3.02. The molecule has 2 fully saturated rings. The summed E-state index contributed by atoms with van der Waals surface area (Å²) < 4.78 is 0. The molecule has 1 heterocycles. The summed E-state index contributed by atoms with van der Waals surface area (Å²) in [5.41, 5.74) is 1.80. The van der Waals surface area contributed by atoms with Gasteiger partial charge in [0.05, 0.1) is 22.9 Å². The van der Waals surface area contributed by atoms with E-state index in [4.69, 9.17) is 28.3 Å². The van der Waals surface area contributed by atoms with Gasteiger partial charge >= 0.3 is 5.97 Å². The minimum Gasteiger partial charge on any atom is -0.481 e. The first-order chi connectivity index (χ1) is 9.49. The molecule has 1 saturated heterocycles. The number of nitrogens with zero attached hydrogens (tertiary/aromatic N) is 1. The Bertz CT molecular complexity index is 541. The van der Waals surface area contributed by atoms with Gasteiger partial charge in [-0.15, -0.1) is 11.6 Å². The van der Waals surface area contributed by atoms with E-state index in [2.05, 4.69) is 0 Å². The van der Waals surface area contributed by atoms with Crippen LogP contribution in [-0.4, -0.2) is 33.8 Å². The number of carboxylic acids is 1. The molecule has 3 rings (SSSR count). The van der Waals surface area contributed by atoms with Crippen LogP contribution in [0, 0.1) is 11.8 Å². The van der Waals surface area contributed by atoms with Crippen molar-refractivity contribution in [2.24, 2.45) is 11.8 Å². The number of halogens is 2. The summed E-state index contributed by atoms with van der Waals surface area (Å²) in [6.45, 7) is 0.609. The molecule has 0 spiro atoms. The van der Waals surface area contributed by atoms with Gasteiger partial charge in [-0.2, -0.15) is 0 Å². The number of hydrogen-bond donors (Lipinski definition) is 1. The topological polar surface area (TPSA) is 57.6 Å². The van der Waals surface area contributed by atoms with Crippen molar-refractivity contribution >= 4 is 35.1 Å². The molecule has 1 amide bonds. The molecule has 1 aliphatic heterocycles. The summed E-state index contributed by atoms with van der Waals surface area (Å²) in [5, 5.41) is 9.45. The first-order valence-electron chi connectivity index (χ1n) is 6.77. The number of piperidine rings is 1. The van der Waals surface area contributed by atoms with E-state index in [1.165, 1.54) is 0 Å². The lowest BCUT2D eigenvalue weighted by molar-refractivity contribution is -0.141. The zero-order chi connectivity index (χ0) is 14.4. The lowest BCUT2D eigenvalue weighted by Gasteiger charge is -2.35. The molecule has 0 bridgehead atoms. The number of fused-ring (bicyclic) bond motifs is 1. The normalized spacial score (nSPS) is 32.6. The van der Waals surface area contributed by atoms with Crippen LogP contribution >= 0.6 is 23.2 Å². The average Bonchev–Trinajstić information content (AvgIpc) is 3.17. The third kappa shape index (κ3) is 2.35. The van der Waals surface area contributed by atoms with E-state index < -0.39 is 17.8 Å². The molecule has 3 atom stereocenters. The Labute approximate surface area is 127 Å². The van der Waals surface area contributed by atoms with Crippen molar-refractivity contribution in [2.45, 2.75) is 31.1 Å². The van der Waals surface area contributed by atoms with Gasteiger partial charge in [-0.05, 0) is 24.8 Å². The minimum absolute atomic E-state index is 0.107. The van der Waals surface area contributed by atoms with E-state index in [0.29, 0.717) is 24.4 Å². The highest BCUT2D eigenvalue weighted by Gasteiger charge is 2.51. The van der Waals surface area contributed by atoms with E-state index in [-0.39, 0.29) is 11.3 Å². The average molecular weight is 316 g/mol. The Morgan fingerprint density at radius 2 is 2.10 bits per heavy atom. The van der Waals surface area contributed by atoms with Crippen LogP contribution in [0.3, 0.4) is 0 Å². The second kappa shape index (κ2) is 5.08. The molecule has 6 heteroatoms. The number of aliphatic carboxylic acids is 1. The largest absolute Gasteiger partial charge is 0.481 e. The van der Waals surface area contributed by atoms with Gasteiger partial charge in [0, 0.05) is 18.0 Å². The fraction of sp³-hybridized carbons (Fsp3) is 0.571. The summed E-state index contributed by atoms with van der Waals surface area (Å²) in [7, 11) is 0. The van der Waals surface area contributed by atoms with Crippen LogP contribution in [0.25, 0.3) is 0 Å². The predicted octanol–water partition coefficient (Wildman–Crippen LogP) is 2.72. The Hall–Kier alpha value is -1.000. The van der Waals surface area contributed by atoms with E-state index in [1.54, 1.807) is 4.90 Å². The number of rotatable bonds is 2. The number of amides is 1. The highest BCUT2D eigenvalue weighted by molar-refractivity contribution is 6.32. The monoisotopic (exact) mass is 315 g/mol. The van der Waals surface area contributed by atoms with Gasteiger partial charge in [-0.1, -0.05) is 17.7 Å². The van der Waals surface area contributed by atoms with Gasteiger partial charge in [0.25, 0.3) is 0 Å². The van der Waals surface area contributed by atoms with E-state index in [0.717, 1.165) is 24.1 Å². The van der Waals surface area contributed by atoms with Crippen molar-refractivity contribution in [1.82, 2.24) is 4.90 Å². The van der Waals surface area contributed by atoms with Crippen LogP contribution in [0.5, 0.6) is 0 Å². The quantitative estimate of drug-likeness (QED) is 0.797. The van der Waals surface area contributed by atoms with Crippen molar-refractivity contribution in [1.29, 1.82) is 0 Å². The highest BCUT2D eigenvalue weighted by Crippen LogP contribution is 2.44. The summed E-state index contributed by atoms with van der Waals surface area (Å²) >= 11 is 12.4. The van der Waals surface area contributed by atoms with Crippen LogP contribution in [0.1, 0.15) is 25.7 Å². The van der Waals surface area contributed by atoms with Crippen LogP contribution < -0.4 is 0 Å². The SMILES string of the molecule is O=C(O)C1CC1C(=O)N1CCCC2=CC(Cl)CC(Cl)=C21. The van der Waals surface area contributed by atoms with Crippen molar-refractivity contribution in [3.63, 3.8) is 0 Å². The van der Waals surface area contributed by atoms with Gasteiger partial charge < -0.3 is 10.0 Å². The Morgan fingerprint density at radius 1 is 1.35 bits per heavy atom. The number of carboxylic acid groups (broad SMARTS) is 1. The standard InChI is InChI=1S/C14H15Cl2NO3/c15-8-4-7-2-1-3-17(12(7)11(16)5-8)13(18)9-6-10(9)14(19)20/h4,8-10H,1-3,5-6H2,(H,19,20). The molecule has 1 saturated carbocycles. The lowest BCUT2D eigenvalue weighted by atomic mass is 9.93. The van der Waals surface area contributed by atoms with Gasteiger partial charge in [0.2, 0.25) is 5.91 Å². The molecule has 2 aliphatic carbocycles. The van der Waals surface area contributed by atoms with Gasteiger partial charge in [-0.25, -0.2) is 0 Å². The first kappa shape index (κ1) is 14.0. The smallest absolute Gasteiger partial charge is 0.307 e. The highest BCUT2D eigenvalue weighted by atomic mass is 35.5. The molecule has 3 aliphatic rings. The molecular weight excluding hydrogens is 301 g/mol. The summed E-state index contributed by atoms with van der Waals surface area (Å²) in [6, 6.07) is 0. The van der Waals surface area contributed by atoms with Crippen LogP contribution in [0.4, 0.5) is 0 Å². The molecule has 3 unspecified atom stereocenters. The van der Waals surface area contributed by atoms with Crippen molar-refractivity contribution in [3.05, 3.63) is 22.4 Å². The molecule has 4 nitrogen and oxygen atoms in total. The molecule has 108 valence electrons. The number of allylic oxidation sites excluding steroid dienone is 3. The van der Waals surface area contributed by atoms with Crippen molar-refractivity contribution in [3.8, 4) is 0 Å². The summed E-state index contributed by atoms with van der Waals surface area (Å²) in [4.78, 5) is 25.1. The second-order valence-electron chi connectivity index (χ2n) is 5.55. The molecular formula is C14H15Cl2NO3. The number of likely N-dealkylation sites (tertiary alicyclic amines) is 1. The molecule has 1 N–H and O–H groups in total. The third-order valence-corrected chi connectivity index (χ3v) is 4.72. The maximum atomic E-state index is 12.5. The van der Waals surface area contributed by atoms with Crippen molar-refractivity contribution in [2.75, 3.05) is 6.54 Å². The Kier molecular flexibility index (Phi) is 3.55. The van der Waals surface area contributed by atoms with Crippen LogP contribution in [0.2, 0.25) is 0 Å². The second-order valence-corrected chi connectivity index (χ2v) is 6.56. The predicted molar refractivity (Wildman–Crippen MR) is 75.4 cm³/mol. The van der Waals surface area contributed by atoms with E-state index >= 15 is 0 Å².